The molecular weight excluding hydrogens is 162 g/mol. The Hall–Kier alpha value is -1.77. The van der Waals surface area contributed by atoms with E-state index in [0.717, 1.165) is 11.3 Å². The number of aryl methyl sites for hydroxylation is 1. The third kappa shape index (κ3) is 1.69. The first kappa shape index (κ1) is 7.86. The van der Waals surface area contributed by atoms with E-state index in [9.17, 15) is 0 Å². The lowest BCUT2D eigenvalue weighted by atomic mass is 10.1. The van der Waals surface area contributed by atoms with Crippen molar-refractivity contribution in [2.24, 2.45) is 0 Å². The SMILES string of the molecule is Cc1cccc(-c2ccnnn2)c1. The summed E-state index contributed by atoms with van der Waals surface area (Å²) in [7, 11) is 0. The van der Waals surface area contributed by atoms with Crippen molar-refractivity contribution in [1.29, 1.82) is 0 Å². The van der Waals surface area contributed by atoms with Crippen molar-refractivity contribution in [3.8, 4) is 11.3 Å². The van der Waals surface area contributed by atoms with Crippen molar-refractivity contribution in [3.63, 3.8) is 0 Å². The molecule has 3 heteroatoms. The minimum Gasteiger partial charge on any atom is -0.139 e. The molecule has 1 aromatic heterocycles. The van der Waals surface area contributed by atoms with Gasteiger partial charge in [-0.25, -0.2) is 0 Å². The second-order valence-electron chi connectivity index (χ2n) is 2.88. The molecule has 13 heavy (non-hydrogen) atoms. The van der Waals surface area contributed by atoms with Gasteiger partial charge >= 0.3 is 0 Å². The van der Waals surface area contributed by atoms with Gasteiger partial charge in [0.25, 0.3) is 0 Å². The summed E-state index contributed by atoms with van der Waals surface area (Å²) < 4.78 is 0. The Balaban J connectivity index is 2.48. The van der Waals surface area contributed by atoms with Crippen LogP contribution in [0.5, 0.6) is 0 Å². The second kappa shape index (κ2) is 3.31. The number of rotatable bonds is 1. The Labute approximate surface area is 76.4 Å². The minimum absolute atomic E-state index is 0.860. The molecule has 64 valence electrons. The number of hydrogen-bond acceptors (Lipinski definition) is 3. The van der Waals surface area contributed by atoms with Crippen LogP contribution in [0.3, 0.4) is 0 Å². The van der Waals surface area contributed by atoms with Crippen LogP contribution in [0.2, 0.25) is 0 Å². The Morgan fingerprint density at radius 3 is 2.77 bits per heavy atom. The van der Waals surface area contributed by atoms with Gasteiger partial charge in [-0.2, -0.15) is 0 Å². The Kier molecular flexibility index (Phi) is 2.00. The molecule has 1 heterocycles. The van der Waals surface area contributed by atoms with Crippen LogP contribution in [0, 0.1) is 6.92 Å². The van der Waals surface area contributed by atoms with Crippen LogP contribution in [0.1, 0.15) is 5.56 Å². The third-order valence-electron chi connectivity index (χ3n) is 1.82. The average molecular weight is 171 g/mol. The number of benzene rings is 1. The summed E-state index contributed by atoms with van der Waals surface area (Å²) in [5.41, 5.74) is 3.16. The molecule has 0 spiro atoms. The molecule has 0 aliphatic rings. The largest absolute Gasteiger partial charge is 0.139 e. The molecular formula is C10H9N3. The van der Waals surface area contributed by atoms with Crippen LogP contribution >= 0.6 is 0 Å². The highest BCUT2D eigenvalue weighted by Crippen LogP contribution is 2.15. The van der Waals surface area contributed by atoms with Crippen LogP contribution in [0.4, 0.5) is 0 Å². The highest BCUT2D eigenvalue weighted by Gasteiger charge is 1.97. The van der Waals surface area contributed by atoms with Crippen molar-refractivity contribution in [1.82, 2.24) is 15.4 Å². The van der Waals surface area contributed by atoms with Crippen LogP contribution in [0.15, 0.2) is 36.5 Å². The van der Waals surface area contributed by atoms with E-state index in [4.69, 9.17) is 0 Å². The summed E-state index contributed by atoms with van der Waals surface area (Å²) in [6, 6.07) is 9.99. The molecule has 2 rings (SSSR count). The van der Waals surface area contributed by atoms with Gasteiger partial charge in [0, 0.05) is 5.56 Å². The predicted octanol–water partition coefficient (Wildman–Crippen LogP) is 1.85. The fourth-order valence-electron chi connectivity index (χ4n) is 1.20. The van der Waals surface area contributed by atoms with Gasteiger partial charge in [0.1, 0.15) is 0 Å². The zero-order valence-electron chi connectivity index (χ0n) is 7.31. The highest BCUT2D eigenvalue weighted by molar-refractivity contribution is 5.58. The first-order valence-electron chi connectivity index (χ1n) is 4.08. The molecule has 0 unspecified atom stereocenters. The Bertz CT molecular complexity index is 398. The molecule has 3 nitrogen and oxygen atoms in total. The summed E-state index contributed by atoms with van der Waals surface area (Å²) in [6.07, 6.45) is 1.64. The molecule has 0 fully saturated rings. The molecule has 0 N–H and O–H groups in total. The van der Waals surface area contributed by atoms with E-state index in [0.29, 0.717) is 0 Å². The summed E-state index contributed by atoms with van der Waals surface area (Å²) in [5.74, 6) is 0. The first-order valence-corrected chi connectivity index (χ1v) is 4.08. The van der Waals surface area contributed by atoms with Crippen LogP contribution in [-0.2, 0) is 0 Å². The molecule has 2 aromatic rings. The van der Waals surface area contributed by atoms with Gasteiger partial charge in [-0.1, -0.05) is 23.8 Å². The van der Waals surface area contributed by atoms with Gasteiger partial charge in [0.2, 0.25) is 0 Å². The number of nitrogens with zero attached hydrogens (tertiary/aromatic N) is 3. The van der Waals surface area contributed by atoms with E-state index in [1.165, 1.54) is 5.56 Å². The highest BCUT2D eigenvalue weighted by atomic mass is 15.3. The van der Waals surface area contributed by atoms with Gasteiger partial charge in [-0.3, -0.25) is 0 Å². The zero-order chi connectivity index (χ0) is 9.10. The molecule has 0 bridgehead atoms. The molecule has 1 aromatic carbocycles. The third-order valence-corrected chi connectivity index (χ3v) is 1.82. The fourth-order valence-corrected chi connectivity index (χ4v) is 1.20. The second-order valence-corrected chi connectivity index (χ2v) is 2.88. The maximum Gasteiger partial charge on any atom is 0.0963 e. The van der Waals surface area contributed by atoms with Gasteiger partial charge in [0.05, 0.1) is 11.9 Å². The lowest BCUT2D eigenvalue weighted by Crippen LogP contribution is -1.88. The molecule has 0 aliphatic carbocycles. The average Bonchev–Trinajstić information content (AvgIpc) is 2.19. The molecule has 0 aliphatic heterocycles. The molecule has 0 saturated carbocycles. The Morgan fingerprint density at radius 1 is 1.15 bits per heavy atom. The zero-order valence-corrected chi connectivity index (χ0v) is 7.31. The smallest absolute Gasteiger partial charge is 0.0963 e. The topological polar surface area (TPSA) is 38.7 Å². The standard InChI is InChI=1S/C10H9N3/c1-8-3-2-4-9(7-8)10-5-6-11-13-12-10/h2-7H,1H3. The quantitative estimate of drug-likeness (QED) is 0.657. The van der Waals surface area contributed by atoms with E-state index in [1.807, 2.05) is 18.2 Å². The molecule has 0 atom stereocenters. The van der Waals surface area contributed by atoms with E-state index in [-0.39, 0.29) is 0 Å². The summed E-state index contributed by atoms with van der Waals surface area (Å²) >= 11 is 0. The summed E-state index contributed by atoms with van der Waals surface area (Å²) in [5, 5.41) is 11.2. The Morgan fingerprint density at radius 2 is 2.08 bits per heavy atom. The predicted molar refractivity (Wildman–Crippen MR) is 50.0 cm³/mol. The maximum atomic E-state index is 3.93. The number of aromatic nitrogens is 3. The van der Waals surface area contributed by atoms with E-state index in [2.05, 4.69) is 34.5 Å². The van der Waals surface area contributed by atoms with Crippen molar-refractivity contribution >= 4 is 0 Å². The van der Waals surface area contributed by atoms with Crippen molar-refractivity contribution in [2.45, 2.75) is 6.92 Å². The van der Waals surface area contributed by atoms with Crippen LogP contribution in [0.25, 0.3) is 11.3 Å². The van der Waals surface area contributed by atoms with Crippen LogP contribution < -0.4 is 0 Å². The monoisotopic (exact) mass is 171 g/mol. The van der Waals surface area contributed by atoms with Gasteiger partial charge < -0.3 is 0 Å². The normalized spacial score (nSPS) is 9.92. The lowest BCUT2D eigenvalue weighted by Gasteiger charge is -1.98. The molecule has 0 amide bonds. The van der Waals surface area contributed by atoms with Gasteiger partial charge in [0.15, 0.2) is 0 Å². The summed E-state index contributed by atoms with van der Waals surface area (Å²) in [6.45, 7) is 2.05. The van der Waals surface area contributed by atoms with E-state index >= 15 is 0 Å². The van der Waals surface area contributed by atoms with Gasteiger partial charge in [-0.15, -0.1) is 10.2 Å². The van der Waals surface area contributed by atoms with Crippen molar-refractivity contribution in [2.75, 3.05) is 0 Å². The fraction of sp³-hybridized carbons (Fsp3) is 0.100. The number of hydrogen-bond donors (Lipinski definition) is 0. The van der Waals surface area contributed by atoms with E-state index in [1.54, 1.807) is 6.20 Å². The van der Waals surface area contributed by atoms with Crippen molar-refractivity contribution < 1.29 is 0 Å². The maximum absolute atomic E-state index is 3.93. The van der Waals surface area contributed by atoms with Crippen molar-refractivity contribution in [3.05, 3.63) is 42.1 Å². The van der Waals surface area contributed by atoms with Gasteiger partial charge in [-0.05, 0) is 24.3 Å². The lowest BCUT2D eigenvalue weighted by molar-refractivity contribution is 0.870. The van der Waals surface area contributed by atoms with Crippen LogP contribution in [-0.4, -0.2) is 15.4 Å². The molecule has 0 radical (unpaired) electrons. The summed E-state index contributed by atoms with van der Waals surface area (Å²) in [4.78, 5) is 0. The minimum atomic E-state index is 0.860. The van der Waals surface area contributed by atoms with E-state index < -0.39 is 0 Å². The molecule has 0 saturated heterocycles. The first-order chi connectivity index (χ1) is 6.36.